The quantitative estimate of drug-likeness (QED) is 0.533. The second kappa shape index (κ2) is 8.75. The van der Waals surface area contributed by atoms with Crippen LogP contribution < -0.4 is 5.32 Å². The fourth-order valence-electron chi connectivity index (χ4n) is 3.92. The van der Waals surface area contributed by atoms with Gasteiger partial charge < -0.3 is 5.32 Å². The first kappa shape index (κ1) is 23.2. The Morgan fingerprint density at radius 2 is 1.73 bits per heavy atom. The summed E-state index contributed by atoms with van der Waals surface area (Å²) < 4.78 is 79.9. The minimum atomic E-state index is -4.90. The van der Waals surface area contributed by atoms with Crippen LogP contribution >= 0.6 is 0 Å². The number of fused-ring (bicyclic) bond motifs is 1. The Balaban J connectivity index is 1.51. The van der Waals surface area contributed by atoms with Crippen LogP contribution in [-0.4, -0.2) is 31.7 Å². The molecule has 1 heterocycles. The van der Waals surface area contributed by atoms with E-state index in [9.17, 15) is 30.8 Å². The molecule has 5 nitrogen and oxygen atoms in total. The van der Waals surface area contributed by atoms with E-state index in [1.165, 1.54) is 10.4 Å². The van der Waals surface area contributed by atoms with E-state index in [0.717, 1.165) is 16.8 Å². The molecular weight excluding hydrogens is 460 g/mol. The Morgan fingerprint density at radius 3 is 2.45 bits per heavy atom. The normalized spacial score (nSPS) is 17.8. The highest BCUT2D eigenvalue weighted by Gasteiger charge is 2.36. The molecule has 0 saturated carbocycles. The molecule has 3 aromatic rings. The van der Waals surface area contributed by atoms with Crippen molar-refractivity contribution in [3.05, 3.63) is 72.0 Å². The molecule has 4 rings (SSSR count). The summed E-state index contributed by atoms with van der Waals surface area (Å²) in [7, 11) is -3.87. The van der Waals surface area contributed by atoms with Crippen LogP contribution in [0.2, 0.25) is 0 Å². The maximum Gasteiger partial charge on any atom is 0.419 e. The van der Waals surface area contributed by atoms with Crippen LogP contribution in [0, 0.1) is 11.7 Å². The first-order valence-electron chi connectivity index (χ1n) is 10.2. The van der Waals surface area contributed by atoms with Gasteiger partial charge in [0, 0.05) is 18.8 Å². The Bertz CT molecular complexity index is 1310. The van der Waals surface area contributed by atoms with E-state index in [2.05, 4.69) is 5.32 Å². The molecule has 0 bridgehead atoms. The van der Waals surface area contributed by atoms with Crippen LogP contribution in [0.25, 0.3) is 10.8 Å². The van der Waals surface area contributed by atoms with Crippen molar-refractivity contribution in [2.45, 2.75) is 23.9 Å². The molecule has 0 aliphatic carbocycles. The van der Waals surface area contributed by atoms with E-state index in [4.69, 9.17) is 0 Å². The topological polar surface area (TPSA) is 66.5 Å². The highest BCUT2D eigenvalue weighted by atomic mass is 32.2. The van der Waals surface area contributed by atoms with E-state index < -0.39 is 39.4 Å². The van der Waals surface area contributed by atoms with Crippen molar-refractivity contribution >= 4 is 32.4 Å². The standard InChI is InChI=1S/C23H20F4N2O3S/c24-21-10-8-18(13-20(21)23(25,26)27)28-22(30)17-6-3-11-29(14-17)33(31,32)19-9-7-15-4-1-2-5-16(15)12-19/h1-2,4-5,7-10,12-13,17H,3,6,11,14H2,(H,28,30). The van der Waals surface area contributed by atoms with Crippen LogP contribution in [0.1, 0.15) is 18.4 Å². The SMILES string of the molecule is O=C(Nc1ccc(F)c(C(F)(F)F)c1)C1CCCN(S(=O)(=O)c2ccc3ccccc3c2)C1. The zero-order chi connectivity index (χ0) is 23.8. The van der Waals surface area contributed by atoms with Gasteiger partial charge in [0.15, 0.2) is 0 Å². The lowest BCUT2D eigenvalue weighted by Gasteiger charge is -2.31. The Kier molecular flexibility index (Phi) is 6.15. The van der Waals surface area contributed by atoms with Gasteiger partial charge in [-0.2, -0.15) is 17.5 Å². The fourth-order valence-corrected chi connectivity index (χ4v) is 5.48. The molecule has 1 aliphatic rings. The van der Waals surface area contributed by atoms with E-state index >= 15 is 0 Å². The summed E-state index contributed by atoms with van der Waals surface area (Å²) in [6.45, 7) is 0.127. The van der Waals surface area contributed by atoms with Crippen LogP contribution in [0.3, 0.4) is 0 Å². The molecule has 1 aliphatic heterocycles. The predicted molar refractivity (Wildman–Crippen MR) is 115 cm³/mol. The number of carbonyl (C=O) groups excluding carboxylic acids is 1. The molecule has 1 saturated heterocycles. The van der Waals surface area contributed by atoms with Crippen LogP contribution in [0.5, 0.6) is 0 Å². The van der Waals surface area contributed by atoms with Crippen molar-refractivity contribution < 1.29 is 30.8 Å². The average Bonchev–Trinajstić information content (AvgIpc) is 2.79. The van der Waals surface area contributed by atoms with Gasteiger partial charge in [-0.3, -0.25) is 4.79 Å². The lowest BCUT2D eigenvalue weighted by Crippen LogP contribution is -2.43. The summed E-state index contributed by atoms with van der Waals surface area (Å²) >= 11 is 0. The van der Waals surface area contributed by atoms with E-state index in [-0.39, 0.29) is 23.7 Å². The van der Waals surface area contributed by atoms with Gasteiger partial charge in [0.1, 0.15) is 5.82 Å². The van der Waals surface area contributed by atoms with Crippen LogP contribution in [-0.2, 0) is 21.0 Å². The van der Waals surface area contributed by atoms with Gasteiger partial charge in [-0.1, -0.05) is 30.3 Å². The van der Waals surface area contributed by atoms with Crippen molar-refractivity contribution in [2.75, 3.05) is 18.4 Å². The Labute approximate surface area is 188 Å². The number of anilines is 1. The molecule has 33 heavy (non-hydrogen) atoms. The molecule has 1 fully saturated rings. The first-order valence-corrected chi connectivity index (χ1v) is 11.7. The number of benzene rings is 3. The second-order valence-electron chi connectivity index (χ2n) is 7.89. The molecule has 0 aromatic heterocycles. The van der Waals surface area contributed by atoms with Gasteiger partial charge in [0.2, 0.25) is 15.9 Å². The van der Waals surface area contributed by atoms with Crippen molar-refractivity contribution in [3.63, 3.8) is 0 Å². The molecule has 174 valence electrons. The highest BCUT2D eigenvalue weighted by Crippen LogP contribution is 2.33. The van der Waals surface area contributed by atoms with Gasteiger partial charge in [0.05, 0.1) is 16.4 Å². The summed E-state index contributed by atoms with van der Waals surface area (Å²) in [6.07, 6.45) is -4.11. The molecule has 10 heteroatoms. The zero-order valence-corrected chi connectivity index (χ0v) is 18.1. The number of nitrogens with zero attached hydrogens (tertiary/aromatic N) is 1. The first-order chi connectivity index (χ1) is 15.6. The minimum absolute atomic E-state index is 0.103. The monoisotopic (exact) mass is 480 g/mol. The van der Waals surface area contributed by atoms with Crippen LogP contribution in [0.15, 0.2) is 65.6 Å². The third kappa shape index (κ3) is 4.86. The molecule has 1 N–H and O–H groups in total. The Morgan fingerprint density at radius 1 is 1.00 bits per heavy atom. The van der Waals surface area contributed by atoms with Crippen molar-refractivity contribution in [3.8, 4) is 0 Å². The summed E-state index contributed by atoms with van der Waals surface area (Å²) in [5.74, 6) is -2.81. The highest BCUT2D eigenvalue weighted by molar-refractivity contribution is 7.89. The molecule has 3 aromatic carbocycles. The van der Waals surface area contributed by atoms with Gasteiger partial charge in [0.25, 0.3) is 0 Å². The van der Waals surface area contributed by atoms with E-state index in [1.807, 2.05) is 12.1 Å². The maximum absolute atomic E-state index is 13.5. The van der Waals surface area contributed by atoms with Crippen molar-refractivity contribution in [1.82, 2.24) is 4.31 Å². The number of halogens is 4. The molecule has 0 radical (unpaired) electrons. The number of rotatable bonds is 4. The van der Waals surface area contributed by atoms with E-state index in [1.54, 1.807) is 24.3 Å². The third-order valence-corrected chi connectivity index (χ3v) is 7.51. The zero-order valence-electron chi connectivity index (χ0n) is 17.3. The van der Waals surface area contributed by atoms with Crippen LogP contribution in [0.4, 0.5) is 23.2 Å². The molecule has 1 unspecified atom stereocenters. The fraction of sp³-hybridized carbons (Fsp3) is 0.261. The number of nitrogens with one attached hydrogen (secondary N) is 1. The maximum atomic E-state index is 13.5. The molecular formula is C23H20F4N2O3S. The molecule has 1 atom stereocenters. The average molecular weight is 480 g/mol. The number of piperidine rings is 1. The minimum Gasteiger partial charge on any atom is -0.326 e. The number of hydrogen-bond acceptors (Lipinski definition) is 3. The summed E-state index contributed by atoms with van der Waals surface area (Å²) in [5, 5.41) is 4.02. The number of alkyl halides is 3. The lowest BCUT2D eigenvalue weighted by atomic mass is 9.98. The van der Waals surface area contributed by atoms with Crippen molar-refractivity contribution in [1.29, 1.82) is 0 Å². The summed E-state index contributed by atoms with van der Waals surface area (Å²) in [6, 6.07) is 14.3. The predicted octanol–water partition coefficient (Wildman–Crippen LogP) is 5.04. The largest absolute Gasteiger partial charge is 0.419 e. The van der Waals surface area contributed by atoms with E-state index in [0.29, 0.717) is 25.0 Å². The van der Waals surface area contributed by atoms with Gasteiger partial charge in [-0.25, -0.2) is 12.8 Å². The van der Waals surface area contributed by atoms with Gasteiger partial charge in [-0.15, -0.1) is 0 Å². The number of carbonyl (C=O) groups is 1. The lowest BCUT2D eigenvalue weighted by molar-refractivity contribution is -0.140. The smallest absolute Gasteiger partial charge is 0.326 e. The van der Waals surface area contributed by atoms with Gasteiger partial charge in [-0.05, 0) is 53.9 Å². The summed E-state index contributed by atoms with van der Waals surface area (Å²) in [4.78, 5) is 12.8. The van der Waals surface area contributed by atoms with Gasteiger partial charge >= 0.3 is 6.18 Å². The third-order valence-electron chi connectivity index (χ3n) is 5.65. The molecule has 1 amide bonds. The molecule has 0 spiro atoms. The second-order valence-corrected chi connectivity index (χ2v) is 9.83. The number of amides is 1. The number of hydrogen-bond donors (Lipinski definition) is 1. The number of sulfonamides is 1. The Hall–Kier alpha value is -2.98. The summed E-state index contributed by atoms with van der Waals surface area (Å²) in [5.41, 5.74) is -1.69. The van der Waals surface area contributed by atoms with Crippen molar-refractivity contribution in [2.24, 2.45) is 5.92 Å².